The summed E-state index contributed by atoms with van der Waals surface area (Å²) in [6.07, 6.45) is 0. The Morgan fingerprint density at radius 3 is 2.45 bits per heavy atom. The fraction of sp³-hybridized carbons (Fsp3) is 0.286. The number of carbonyl (C=O) groups is 1. The first-order valence-corrected chi connectivity index (χ1v) is 6.83. The van der Waals surface area contributed by atoms with Crippen LogP contribution in [0.25, 0.3) is 11.3 Å². The number of rotatable bonds is 4. The summed E-state index contributed by atoms with van der Waals surface area (Å²) >= 11 is 1.66. The Morgan fingerprint density at radius 2 is 1.95 bits per heavy atom. The predicted molar refractivity (Wildman–Crippen MR) is 84.0 cm³/mol. The zero-order valence-corrected chi connectivity index (χ0v) is 13.1. The van der Waals surface area contributed by atoms with Crippen molar-refractivity contribution in [1.29, 1.82) is 0 Å². The second-order valence-corrected chi connectivity index (χ2v) is 5.58. The van der Waals surface area contributed by atoms with E-state index >= 15 is 0 Å². The highest BCUT2D eigenvalue weighted by Gasteiger charge is 2.14. The maximum Gasteiger partial charge on any atom is 0.335 e. The lowest BCUT2D eigenvalue weighted by atomic mass is 10.1. The van der Waals surface area contributed by atoms with Gasteiger partial charge in [-0.3, -0.25) is 0 Å². The molecular weight excluding hydrogens is 296 g/mol. The van der Waals surface area contributed by atoms with Crippen molar-refractivity contribution in [2.75, 3.05) is 7.05 Å². The number of hydrogen-bond donors (Lipinski definition) is 2. The molecule has 0 fully saturated rings. The summed E-state index contributed by atoms with van der Waals surface area (Å²) in [6, 6.07) is 7.05. The number of carboxylic acid groups (broad SMARTS) is 1. The van der Waals surface area contributed by atoms with Crippen LogP contribution in [0.1, 0.15) is 33.2 Å². The minimum Gasteiger partial charge on any atom is -0.478 e. The van der Waals surface area contributed by atoms with Gasteiger partial charge < -0.3 is 10.4 Å². The maximum absolute atomic E-state index is 10.8. The molecule has 0 bridgehead atoms. The number of aryl methyl sites for hydroxylation is 1. The average molecular weight is 313 g/mol. The molecule has 0 saturated carbocycles. The third kappa shape index (κ3) is 3.36. The molecule has 0 saturated heterocycles. The van der Waals surface area contributed by atoms with E-state index in [0.717, 1.165) is 21.1 Å². The molecule has 4 nitrogen and oxygen atoms in total. The topological polar surface area (TPSA) is 62.2 Å². The highest BCUT2D eigenvalue weighted by molar-refractivity contribution is 7.12. The van der Waals surface area contributed by atoms with Gasteiger partial charge in [0.15, 0.2) is 0 Å². The Bertz CT molecular complexity index is 596. The van der Waals surface area contributed by atoms with Crippen molar-refractivity contribution in [2.24, 2.45) is 0 Å². The third-order valence-corrected chi connectivity index (χ3v) is 4.18. The van der Waals surface area contributed by atoms with Crippen molar-refractivity contribution in [1.82, 2.24) is 10.3 Å². The van der Waals surface area contributed by atoms with E-state index in [1.54, 1.807) is 35.6 Å². The average Bonchev–Trinajstić information content (AvgIpc) is 2.80. The van der Waals surface area contributed by atoms with E-state index in [-0.39, 0.29) is 18.4 Å². The van der Waals surface area contributed by atoms with Gasteiger partial charge in [-0.1, -0.05) is 12.1 Å². The summed E-state index contributed by atoms with van der Waals surface area (Å²) in [5.74, 6) is -0.911. The van der Waals surface area contributed by atoms with Gasteiger partial charge in [0.1, 0.15) is 5.01 Å². The highest BCUT2D eigenvalue weighted by Crippen LogP contribution is 2.30. The van der Waals surface area contributed by atoms with Crippen LogP contribution in [0.15, 0.2) is 24.3 Å². The maximum atomic E-state index is 10.8. The molecule has 20 heavy (non-hydrogen) atoms. The molecule has 0 aliphatic rings. The SMILES string of the molecule is CNC(C)c1nc(-c2ccc(C(=O)O)cc2)c(C)s1.Cl. The molecule has 1 aromatic carbocycles. The normalized spacial score (nSPS) is 11.8. The Morgan fingerprint density at radius 1 is 1.35 bits per heavy atom. The number of benzene rings is 1. The van der Waals surface area contributed by atoms with Crippen molar-refractivity contribution in [3.05, 3.63) is 39.7 Å². The number of thiazole rings is 1. The van der Waals surface area contributed by atoms with Gasteiger partial charge in [0, 0.05) is 10.4 Å². The first kappa shape index (κ1) is 16.6. The van der Waals surface area contributed by atoms with Gasteiger partial charge in [-0.05, 0) is 33.0 Å². The molecular formula is C14H17ClN2O2S. The minimum absolute atomic E-state index is 0. The van der Waals surface area contributed by atoms with Crippen LogP contribution in [0, 0.1) is 6.92 Å². The largest absolute Gasteiger partial charge is 0.478 e. The molecule has 108 valence electrons. The second-order valence-electron chi connectivity index (χ2n) is 4.35. The van der Waals surface area contributed by atoms with Crippen LogP contribution >= 0.6 is 23.7 Å². The summed E-state index contributed by atoms with van der Waals surface area (Å²) in [5, 5.41) is 13.1. The summed E-state index contributed by atoms with van der Waals surface area (Å²) in [5.41, 5.74) is 2.17. The molecule has 6 heteroatoms. The second kappa shape index (κ2) is 6.83. The molecule has 1 atom stereocenters. The van der Waals surface area contributed by atoms with Crippen molar-refractivity contribution in [2.45, 2.75) is 19.9 Å². The number of aromatic nitrogens is 1. The van der Waals surface area contributed by atoms with E-state index in [9.17, 15) is 4.79 Å². The highest BCUT2D eigenvalue weighted by atomic mass is 35.5. The number of nitrogens with one attached hydrogen (secondary N) is 1. The summed E-state index contributed by atoms with van der Waals surface area (Å²) in [6.45, 7) is 4.10. The Labute approximate surface area is 128 Å². The Hall–Kier alpha value is -1.43. The summed E-state index contributed by atoms with van der Waals surface area (Å²) in [4.78, 5) is 16.6. The lowest BCUT2D eigenvalue weighted by molar-refractivity contribution is 0.0697. The predicted octanol–water partition coefficient (Wildman–Crippen LogP) is 3.52. The smallest absolute Gasteiger partial charge is 0.335 e. The molecule has 2 rings (SSSR count). The number of aromatic carboxylic acids is 1. The number of carboxylic acids is 1. The van der Waals surface area contributed by atoms with Gasteiger partial charge in [0.2, 0.25) is 0 Å². The number of nitrogens with zero attached hydrogens (tertiary/aromatic N) is 1. The van der Waals surface area contributed by atoms with Gasteiger partial charge in [0.05, 0.1) is 17.3 Å². The van der Waals surface area contributed by atoms with E-state index in [0.29, 0.717) is 5.56 Å². The lowest BCUT2D eigenvalue weighted by Gasteiger charge is -2.04. The zero-order valence-electron chi connectivity index (χ0n) is 11.5. The molecule has 0 aliphatic carbocycles. The quantitative estimate of drug-likeness (QED) is 0.906. The summed E-state index contributed by atoms with van der Waals surface area (Å²) < 4.78 is 0. The Kier molecular flexibility index (Phi) is 5.68. The van der Waals surface area contributed by atoms with Crippen LogP contribution in [0.4, 0.5) is 0 Å². The van der Waals surface area contributed by atoms with Gasteiger partial charge in [-0.15, -0.1) is 23.7 Å². The third-order valence-electron chi connectivity index (χ3n) is 3.02. The van der Waals surface area contributed by atoms with Crippen LogP contribution in [0.3, 0.4) is 0 Å². The molecule has 2 N–H and O–H groups in total. The van der Waals surface area contributed by atoms with Crippen molar-refractivity contribution >= 4 is 29.7 Å². The van der Waals surface area contributed by atoms with Crippen LogP contribution in [0.5, 0.6) is 0 Å². The van der Waals surface area contributed by atoms with Crippen LogP contribution in [0.2, 0.25) is 0 Å². The molecule has 1 unspecified atom stereocenters. The molecule has 0 spiro atoms. The van der Waals surface area contributed by atoms with Crippen molar-refractivity contribution in [3.63, 3.8) is 0 Å². The number of hydrogen-bond acceptors (Lipinski definition) is 4. The molecule has 0 amide bonds. The van der Waals surface area contributed by atoms with E-state index in [1.165, 1.54) is 0 Å². The van der Waals surface area contributed by atoms with Crippen molar-refractivity contribution < 1.29 is 9.90 Å². The van der Waals surface area contributed by atoms with E-state index in [4.69, 9.17) is 5.11 Å². The first-order valence-electron chi connectivity index (χ1n) is 6.01. The monoisotopic (exact) mass is 312 g/mol. The van der Waals surface area contributed by atoms with Gasteiger partial charge in [-0.25, -0.2) is 9.78 Å². The Balaban J connectivity index is 0.00000200. The zero-order chi connectivity index (χ0) is 14.0. The lowest BCUT2D eigenvalue weighted by Crippen LogP contribution is -2.11. The first-order chi connectivity index (χ1) is 9.02. The molecule has 1 heterocycles. The molecule has 0 radical (unpaired) electrons. The standard InChI is InChI=1S/C14H16N2O2S.ClH/c1-8(15-3)13-16-12(9(2)19-13)10-4-6-11(7-5-10)14(17)18;/h4-8,15H,1-3H3,(H,17,18);1H. The van der Waals surface area contributed by atoms with Crippen molar-refractivity contribution in [3.8, 4) is 11.3 Å². The van der Waals surface area contributed by atoms with Crippen LogP contribution < -0.4 is 5.32 Å². The van der Waals surface area contributed by atoms with Gasteiger partial charge in [0.25, 0.3) is 0 Å². The molecule has 0 aliphatic heterocycles. The van der Waals surface area contributed by atoms with E-state index < -0.39 is 5.97 Å². The molecule has 2 aromatic rings. The van der Waals surface area contributed by atoms with Crippen LogP contribution in [-0.2, 0) is 0 Å². The minimum atomic E-state index is -0.911. The number of halogens is 1. The van der Waals surface area contributed by atoms with E-state index in [2.05, 4.69) is 17.2 Å². The summed E-state index contributed by atoms with van der Waals surface area (Å²) in [7, 11) is 1.91. The fourth-order valence-electron chi connectivity index (χ4n) is 1.76. The van der Waals surface area contributed by atoms with Gasteiger partial charge >= 0.3 is 5.97 Å². The van der Waals surface area contributed by atoms with Crippen LogP contribution in [-0.4, -0.2) is 23.1 Å². The molecule has 1 aromatic heterocycles. The van der Waals surface area contributed by atoms with Gasteiger partial charge in [-0.2, -0.15) is 0 Å². The fourth-order valence-corrected chi connectivity index (χ4v) is 2.77. The van der Waals surface area contributed by atoms with E-state index in [1.807, 2.05) is 14.0 Å².